The van der Waals surface area contributed by atoms with Crippen LogP contribution in [0.4, 0.5) is 0 Å². The van der Waals surface area contributed by atoms with Crippen molar-refractivity contribution in [2.75, 3.05) is 6.54 Å². The second kappa shape index (κ2) is 1.22. The molecule has 2 atom stereocenters. The number of fused-ring (bicyclic) bond motifs is 2. The van der Waals surface area contributed by atoms with E-state index >= 15 is 0 Å². The van der Waals surface area contributed by atoms with Gasteiger partial charge in [0.15, 0.2) is 0 Å². The molecule has 2 fully saturated rings. The fourth-order valence-corrected chi connectivity index (χ4v) is 1.93. The summed E-state index contributed by atoms with van der Waals surface area (Å²) in [4.78, 5) is 0. The zero-order valence-corrected chi connectivity index (χ0v) is 4.56. The molecule has 2 unspecified atom stereocenters. The molecule has 7 heavy (non-hydrogen) atoms. The van der Waals surface area contributed by atoms with E-state index in [0.717, 1.165) is 12.0 Å². The van der Waals surface area contributed by atoms with Crippen molar-refractivity contribution in [3.8, 4) is 0 Å². The number of rotatable bonds is 0. The highest BCUT2D eigenvalue weighted by Gasteiger charge is 2.34. The monoisotopic (exact) mass is 98.1 g/mol. The van der Waals surface area contributed by atoms with Crippen LogP contribution in [0.5, 0.6) is 0 Å². The highest BCUT2D eigenvalue weighted by molar-refractivity contribution is 4.77. The molecule has 0 aromatic heterocycles. The molecule has 1 aliphatic heterocycles. The molecule has 2 bridgehead atoms. The van der Waals surface area contributed by atoms with E-state index in [-0.39, 0.29) is 0 Å². The molecule has 0 radical (unpaired) electrons. The molecule has 2 aliphatic rings. The Kier molecular flexibility index (Phi) is 0.680. The Morgan fingerprint density at radius 3 is 2.43 bits per heavy atom. The zero-order chi connectivity index (χ0) is 4.69. The third kappa shape index (κ3) is 0.480. The highest BCUT2D eigenvalue weighted by Crippen LogP contribution is 2.25. The summed E-state index contributed by atoms with van der Waals surface area (Å²) in [6, 6.07) is 1.05. The molecule has 40 valence electrons. The van der Waals surface area contributed by atoms with Crippen molar-refractivity contribution in [2.45, 2.75) is 25.3 Å². The van der Waals surface area contributed by atoms with Crippen LogP contribution in [0.3, 0.4) is 0 Å². The maximum Gasteiger partial charge on any atom is 0.0864 e. The van der Waals surface area contributed by atoms with E-state index < -0.39 is 0 Å². The molecule has 0 aromatic rings. The molecule has 0 spiro atoms. The Bertz CT molecular complexity index is 62.2. The van der Waals surface area contributed by atoms with Crippen LogP contribution in [0.1, 0.15) is 19.3 Å². The Labute approximate surface area is 44.1 Å². The van der Waals surface area contributed by atoms with E-state index in [1.54, 1.807) is 0 Å². The Morgan fingerprint density at radius 1 is 1.29 bits per heavy atom. The van der Waals surface area contributed by atoms with Gasteiger partial charge in [-0.15, -0.1) is 0 Å². The van der Waals surface area contributed by atoms with Gasteiger partial charge in [-0.2, -0.15) is 0 Å². The molecule has 1 heteroatoms. The van der Waals surface area contributed by atoms with E-state index in [1.807, 2.05) is 0 Å². The number of nitrogens with two attached hydrogens (primary N) is 1. The molecule has 1 nitrogen and oxygen atoms in total. The van der Waals surface area contributed by atoms with E-state index in [0.29, 0.717) is 0 Å². The molecule has 1 saturated carbocycles. The lowest BCUT2D eigenvalue weighted by molar-refractivity contribution is -0.677. The van der Waals surface area contributed by atoms with Gasteiger partial charge in [0.1, 0.15) is 0 Å². The first-order valence-electron chi connectivity index (χ1n) is 3.28. The lowest BCUT2D eigenvalue weighted by atomic mass is 10.1. The van der Waals surface area contributed by atoms with Crippen molar-refractivity contribution in [1.82, 2.24) is 0 Å². The number of hydrogen-bond donors (Lipinski definition) is 1. The summed E-state index contributed by atoms with van der Waals surface area (Å²) in [5.41, 5.74) is 0. The Hall–Kier alpha value is -0.0400. The lowest BCUT2D eigenvalue weighted by Crippen LogP contribution is -2.87. The van der Waals surface area contributed by atoms with E-state index in [1.165, 1.54) is 25.8 Å². The van der Waals surface area contributed by atoms with Gasteiger partial charge in [0.2, 0.25) is 0 Å². The largest absolute Gasteiger partial charge is 0.344 e. The minimum atomic E-state index is 1.05. The van der Waals surface area contributed by atoms with Crippen molar-refractivity contribution >= 4 is 0 Å². The van der Waals surface area contributed by atoms with Crippen molar-refractivity contribution in [3.05, 3.63) is 0 Å². The van der Waals surface area contributed by atoms with Gasteiger partial charge < -0.3 is 5.32 Å². The lowest BCUT2D eigenvalue weighted by Gasteiger charge is -2.04. The fourth-order valence-electron chi connectivity index (χ4n) is 1.93. The first-order chi connectivity index (χ1) is 3.45. The predicted molar refractivity (Wildman–Crippen MR) is 27.9 cm³/mol. The molecule has 0 amide bonds. The molecule has 1 saturated heterocycles. The van der Waals surface area contributed by atoms with Gasteiger partial charge in [-0.3, -0.25) is 0 Å². The summed E-state index contributed by atoms with van der Waals surface area (Å²) in [6.45, 7) is 1.44. The zero-order valence-electron chi connectivity index (χ0n) is 4.56. The number of hydrogen-bond acceptors (Lipinski definition) is 0. The third-order valence-corrected chi connectivity index (χ3v) is 2.38. The summed E-state index contributed by atoms with van der Waals surface area (Å²) < 4.78 is 0. The van der Waals surface area contributed by atoms with Crippen LogP contribution in [0, 0.1) is 5.92 Å². The Morgan fingerprint density at radius 2 is 2.29 bits per heavy atom. The van der Waals surface area contributed by atoms with Crippen LogP contribution in [-0.4, -0.2) is 12.6 Å². The van der Waals surface area contributed by atoms with Gasteiger partial charge in [-0.1, -0.05) is 0 Å². The van der Waals surface area contributed by atoms with Crippen LogP contribution in [-0.2, 0) is 0 Å². The van der Waals surface area contributed by atoms with Gasteiger partial charge in [0.25, 0.3) is 0 Å². The highest BCUT2D eigenvalue weighted by atomic mass is 15.0. The maximum atomic E-state index is 2.51. The molecular weight excluding hydrogens is 86.1 g/mol. The quantitative estimate of drug-likeness (QED) is 0.429. The summed E-state index contributed by atoms with van der Waals surface area (Å²) in [6.07, 6.45) is 4.56. The van der Waals surface area contributed by atoms with Gasteiger partial charge in [0.05, 0.1) is 12.6 Å². The Balaban J connectivity index is 2.12. The fraction of sp³-hybridized carbons (Fsp3) is 1.00. The van der Waals surface area contributed by atoms with Gasteiger partial charge in [-0.05, 0) is 12.8 Å². The van der Waals surface area contributed by atoms with E-state index in [4.69, 9.17) is 0 Å². The normalized spacial score (nSPS) is 48.0. The SMILES string of the molecule is C1CC2CC1C[NH2+]2. The van der Waals surface area contributed by atoms with Crippen molar-refractivity contribution in [3.63, 3.8) is 0 Å². The van der Waals surface area contributed by atoms with Crippen LogP contribution in [0.25, 0.3) is 0 Å². The summed E-state index contributed by atoms with van der Waals surface area (Å²) in [7, 11) is 0. The minimum absolute atomic E-state index is 1.05. The van der Waals surface area contributed by atoms with Gasteiger partial charge in [0, 0.05) is 12.3 Å². The van der Waals surface area contributed by atoms with E-state index in [9.17, 15) is 0 Å². The predicted octanol–water partition coefficient (Wildman–Crippen LogP) is -0.268. The van der Waals surface area contributed by atoms with Gasteiger partial charge >= 0.3 is 0 Å². The van der Waals surface area contributed by atoms with Crippen LogP contribution in [0.2, 0.25) is 0 Å². The standard InChI is InChI=1S/C6H11N/c1-2-6-3-5(1)4-7-6/h5-7H,1-4H2/p+1. The van der Waals surface area contributed by atoms with Crippen LogP contribution in [0.15, 0.2) is 0 Å². The molecule has 2 rings (SSSR count). The second-order valence-corrected chi connectivity index (χ2v) is 2.91. The maximum absolute atomic E-state index is 2.51. The first kappa shape index (κ1) is 3.90. The first-order valence-corrected chi connectivity index (χ1v) is 3.28. The summed E-state index contributed by atoms with van der Waals surface area (Å²) in [5.74, 6) is 1.12. The average molecular weight is 98.2 g/mol. The average Bonchev–Trinajstić information content (AvgIpc) is 2.22. The van der Waals surface area contributed by atoms with Crippen LogP contribution >= 0.6 is 0 Å². The minimum Gasteiger partial charge on any atom is -0.344 e. The van der Waals surface area contributed by atoms with Crippen molar-refractivity contribution in [2.24, 2.45) is 5.92 Å². The summed E-state index contributed by atoms with van der Waals surface area (Å²) in [5, 5.41) is 2.51. The van der Waals surface area contributed by atoms with Crippen molar-refractivity contribution < 1.29 is 5.32 Å². The van der Waals surface area contributed by atoms with Crippen molar-refractivity contribution in [1.29, 1.82) is 0 Å². The topological polar surface area (TPSA) is 16.6 Å². The molecule has 0 aromatic carbocycles. The molecular formula is C6H12N+. The van der Waals surface area contributed by atoms with Crippen LogP contribution < -0.4 is 5.32 Å². The molecule has 1 heterocycles. The number of quaternary nitrogens is 1. The third-order valence-electron chi connectivity index (χ3n) is 2.38. The smallest absolute Gasteiger partial charge is 0.0864 e. The molecule has 2 N–H and O–H groups in total. The summed E-state index contributed by atoms with van der Waals surface area (Å²) >= 11 is 0. The second-order valence-electron chi connectivity index (χ2n) is 2.91. The van der Waals surface area contributed by atoms with Gasteiger partial charge in [-0.25, -0.2) is 0 Å². The van der Waals surface area contributed by atoms with E-state index in [2.05, 4.69) is 5.32 Å². The number of piperidine rings is 1. The molecule has 1 aliphatic carbocycles.